The Morgan fingerprint density at radius 2 is 1.91 bits per heavy atom. The summed E-state index contributed by atoms with van der Waals surface area (Å²) in [5.74, 6) is -0.746. The molecule has 0 saturated carbocycles. The molecule has 2 aromatic carbocycles. The van der Waals surface area contributed by atoms with Crippen molar-refractivity contribution in [2.45, 2.75) is 43.5 Å². The van der Waals surface area contributed by atoms with Gasteiger partial charge in [-0.15, -0.1) is 0 Å². The first-order valence-electron chi connectivity index (χ1n) is 10.6. The van der Waals surface area contributed by atoms with Gasteiger partial charge in [0.15, 0.2) is 0 Å². The molecule has 4 rings (SSSR count). The molecule has 2 N–H and O–H groups in total. The molecular formula is C23H25FN4O3S. The molecule has 9 heteroatoms. The number of carbonyl (C=O) groups excluding carboxylic acids is 1. The fourth-order valence-corrected chi connectivity index (χ4v) is 4.90. The number of imidazole rings is 1. The fraction of sp³-hybridized carbons (Fsp3) is 0.304. The normalized spacial score (nSPS) is 13.5. The molecule has 0 radical (unpaired) electrons. The van der Waals surface area contributed by atoms with Crippen molar-refractivity contribution in [2.24, 2.45) is 0 Å². The summed E-state index contributed by atoms with van der Waals surface area (Å²) in [4.78, 5) is 16.2. The van der Waals surface area contributed by atoms with Crippen LogP contribution in [0.15, 0.2) is 60.0 Å². The Bertz CT molecular complexity index is 1210. The number of aryl methyl sites for hydroxylation is 2. The van der Waals surface area contributed by atoms with Gasteiger partial charge in [-0.1, -0.05) is 12.1 Å². The van der Waals surface area contributed by atoms with E-state index >= 15 is 0 Å². The van der Waals surface area contributed by atoms with Gasteiger partial charge in [-0.25, -0.2) is 22.5 Å². The maximum atomic E-state index is 14.3. The molecule has 1 heterocycles. The van der Waals surface area contributed by atoms with Gasteiger partial charge in [0, 0.05) is 31.9 Å². The second-order valence-electron chi connectivity index (χ2n) is 7.82. The average molecular weight is 457 g/mol. The number of nitrogens with zero attached hydrogens (tertiary/aromatic N) is 2. The molecule has 1 aromatic heterocycles. The van der Waals surface area contributed by atoms with Crippen LogP contribution in [0, 0.1) is 5.82 Å². The number of hydrogen-bond donors (Lipinski definition) is 2. The first-order valence-corrected chi connectivity index (χ1v) is 12.1. The predicted octanol–water partition coefficient (Wildman–Crippen LogP) is 2.88. The van der Waals surface area contributed by atoms with E-state index in [0.29, 0.717) is 11.3 Å². The molecule has 0 fully saturated rings. The smallest absolute Gasteiger partial charge is 0.240 e. The second kappa shape index (κ2) is 9.62. The number of aromatic nitrogens is 2. The molecular weight excluding hydrogens is 431 g/mol. The summed E-state index contributed by atoms with van der Waals surface area (Å²) in [7, 11) is -3.68. The largest absolute Gasteiger partial charge is 0.352 e. The SMILES string of the molecule is O=C(CCNS(=O)(=O)c1ccc2c(c1)CCCC2)NCc1ccc(-n2ccnc2)c(F)c1. The van der Waals surface area contributed by atoms with Gasteiger partial charge in [-0.2, -0.15) is 0 Å². The fourth-order valence-electron chi connectivity index (χ4n) is 3.82. The van der Waals surface area contributed by atoms with Crippen LogP contribution < -0.4 is 10.0 Å². The standard InChI is InChI=1S/C23H25FN4O3S/c24-21-13-17(5-8-22(21)28-12-11-25-16-28)15-26-23(29)9-10-27-32(30,31)20-7-6-18-3-1-2-4-19(18)14-20/h5-8,11-14,16,27H,1-4,9-10,15H2,(H,26,29). The number of hydrogen-bond acceptors (Lipinski definition) is 4. The van der Waals surface area contributed by atoms with E-state index in [1.807, 2.05) is 6.07 Å². The summed E-state index contributed by atoms with van der Waals surface area (Å²) in [5, 5.41) is 2.69. The Morgan fingerprint density at radius 1 is 1.09 bits per heavy atom. The number of fused-ring (bicyclic) bond motifs is 1. The Balaban J connectivity index is 1.27. The van der Waals surface area contributed by atoms with Crippen LogP contribution in [0.5, 0.6) is 0 Å². The number of rotatable bonds is 8. The van der Waals surface area contributed by atoms with Gasteiger partial charge in [0.1, 0.15) is 5.82 Å². The number of halogens is 1. The molecule has 0 aliphatic heterocycles. The van der Waals surface area contributed by atoms with Crippen LogP contribution in [0.2, 0.25) is 0 Å². The van der Waals surface area contributed by atoms with Gasteiger partial charge in [0.25, 0.3) is 0 Å². The highest BCUT2D eigenvalue weighted by atomic mass is 32.2. The zero-order valence-electron chi connectivity index (χ0n) is 17.6. The van der Waals surface area contributed by atoms with Crippen LogP contribution in [0.25, 0.3) is 5.69 Å². The third-order valence-corrected chi connectivity index (χ3v) is 7.02. The minimum atomic E-state index is -3.68. The van der Waals surface area contributed by atoms with Crippen LogP contribution in [0.4, 0.5) is 4.39 Å². The van der Waals surface area contributed by atoms with Crippen LogP contribution in [-0.2, 0) is 34.2 Å². The molecule has 0 unspecified atom stereocenters. The van der Waals surface area contributed by atoms with E-state index < -0.39 is 15.8 Å². The number of amides is 1. The Kier molecular flexibility index (Phi) is 6.66. The van der Waals surface area contributed by atoms with E-state index in [0.717, 1.165) is 31.2 Å². The topological polar surface area (TPSA) is 93.1 Å². The maximum absolute atomic E-state index is 14.3. The van der Waals surface area contributed by atoms with E-state index in [-0.39, 0.29) is 30.3 Å². The van der Waals surface area contributed by atoms with Gasteiger partial charge in [0.05, 0.1) is 16.9 Å². The minimum Gasteiger partial charge on any atom is -0.352 e. The minimum absolute atomic E-state index is 0.0141. The van der Waals surface area contributed by atoms with E-state index in [1.54, 1.807) is 41.2 Å². The monoisotopic (exact) mass is 456 g/mol. The molecule has 1 aliphatic rings. The van der Waals surface area contributed by atoms with Crippen LogP contribution in [-0.4, -0.2) is 30.4 Å². The van der Waals surface area contributed by atoms with Crippen molar-refractivity contribution in [3.8, 4) is 5.69 Å². The lowest BCUT2D eigenvalue weighted by molar-refractivity contribution is -0.121. The third kappa shape index (κ3) is 5.23. The van der Waals surface area contributed by atoms with E-state index in [2.05, 4.69) is 15.0 Å². The molecule has 0 bridgehead atoms. The van der Waals surface area contributed by atoms with Gasteiger partial charge in [0.2, 0.25) is 15.9 Å². The first-order chi connectivity index (χ1) is 15.4. The highest BCUT2D eigenvalue weighted by molar-refractivity contribution is 7.89. The van der Waals surface area contributed by atoms with Crippen LogP contribution in [0.3, 0.4) is 0 Å². The Hall–Kier alpha value is -3.04. The number of nitrogens with one attached hydrogen (secondary N) is 2. The average Bonchev–Trinajstić information content (AvgIpc) is 3.32. The van der Waals surface area contributed by atoms with Crippen molar-refractivity contribution in [2.75, 3.05) is 6.54 Å². The quantitative estimate of drug-likeness (QED) is 0.545. The molecule has 0 spiro atoms. The van der Waals surface area contributed by atoms with Crippen molar-refractivity contribution in [1.82, 2.24) is 19.6 Å². The Morgan fingerprint density at radius 3 is 2.66 bits per heavy atom. The molecule has 168 valence electrons. The summed E-state index contributed by atoms with van der Waals surface area (Å²) in [5.41, 5.74) is 3.27. The van der Waals surface area contributed by atoms with Crippen LogP contribution >= 0.6 is 0 Å². The predicted molar refractivity (Wildman–Crippen MR) is 118 cm³/mol. The van der Waals surface area contributed by atoms with Gasteiger partial charge < -0.3 is 9.88 Å². The number of carbonyl (C=O) groups is 1. The van der Waals surface area contributed by atoms with Crippen molar-refractivity contribution in [3.63, 3.8) is 0 Å². The zero-order valence-corrected chi connectivity index (χ0v) is 18.4. The van der Waals surface area contributed by atoms with Crippen molar-refractivity contribution < 1.29 is 17.6 Å². The van der Waals surface area contributed by atoms with Gasteiger partial charge in [-0.05, 0) is 66.6 Å². The molecule has 1 amide bonds. The molecule has 1 aliphatic carbocycles. The summed E-state index contributed by atoms with van der Waals surface area (Å²) in [6, 6.07) is 9.93. The highest BCUT2D eigenvalue weighted by Crippen LogP contribution is 2.24. The first kappa shape index (κ1) is 22.2. The summed E-state index contributed by atoms with van der Waals surface area (Å²) in [6.45, 7) is 0.136. The lowest BCUT2D eigenvalue weighted by Gasteiger charge is -2.16. The third-order valence-electron chi connectivity index (χ3n) is 5.56. The molecule has 0 atom stereocenters. The second-order valence-corrected chi connectivity index (χ2v) is 9.58. The van der Waals surface area contributed by atoms with E-state index in [4.69, 9.17) is 0 Å². The zero-order chi connectivity index (χ0) is 22.6. The van der Waals surface area contributed by atoms with E-state index in [9.17, 15) is 17.6 Å². The summed E-state index contributed by atoms with van der Waals surface area (Å²) in [6.07, 6.45) is 8.78. The molecule has 0 saturated heterocycles. The summed E-state index contributed by atoms with van der Waals surface area (Å²) >= 11 is 0. The molecule has 7 nitrogen and oxygen atoms in total. The number of benzene rings is 2. The maximum Gasteiger partial charge on any atom is 0.240 e. The van der Waals surface area contributed by atoms with Crippen molar-refractivity contribution in [3.05, 3.63) is 77.6 Å². The van der Waals surface area contributed by atoms with Crippen molar-refractivity contribution in [1.29, 1.82) is 0 Å². The lowest BCUT2D eigenvalue weighted by atomic mass is 9.92. The van der Waals surface area contributed by atoms with Crippen molar-refractivity contribution >= 4 is 15.9 Å². The molecule has 32 heavy (non-hydrogen) atoms. The molecule has 3 aromatic rings. The van der Waals surface area contributed by atoms with Gasteiger partial charge >= 0.3 is 0 Å². The van der Waals surface area contributed by atoms with Crippen LogP contribution in [0.1, 0.15) is 36.0 Å². The van der Waals surface area contributed by atoms with E-state index in [1.165, 1.54) is 18.0 Å². The summed E-state index contributed by atoms with van der Waals surface area (Å²) < 4.78 is 43.5. The van der Waals surface area contributed by atoms with Gasteiger partial charge in [-0.3, -0.25) is 4.79 Å². The Labute approximate surface area is 186 Å². The highest BCUT2D eigenvalue weighted by Gasteiger charge is 2.18. The lowest BCUT2D eigenvalue weighted by Crippen LogP contribution is -2.30. The number of sulfonamides is 1.